The van der Waals surface area contributed by atoms with E-state index in [1.165, 1.54) is 0 Å². The average Bonchev–Trinajstić information content (AvgIpc) is 3.66. The molecule has 1 aliphatic rings. The molecule has 5 aromatic rings. The molecule has 0 radical (unpaired) electrons. The maximum absolute atomic E-state index is 13.9. The Kier molecular flexibility index (Phi) is 7.47. The Bertz CT molecular complexity index is 1640. The molecule has 7 nitrogen and oxygen atoms in total. The largest absolute Gasteiger partial charge is 0.506 e. The first kappa shape index (κ1) is 26.0. The Morgan fingerprint density at radius 1 is 0.975 bits per heavy atom. The van der Waals surface area contributed by atoms with E-state index in [2.05, 4.69) is 34.1 Å². The number of hydrogen-bond acceptors (Lipinski definition) is 5. The van der Waals surface area contributed by atoms with Gasteiger partial charge in [-0.05, 0) is 59.5 Å². The molecule has 1 fully saturated rings. The Morgan fingerprint density at radius 3 is 2.55 bits per heavy atom. The van der Waals surface area contributed by atoms with Gasteiger partial charge in [-0.2, -0.15) is 5.10 Å². The second kappa shape index (κ2) is 11.5. The number of amides is 1. The van der Waals surface area contributed by atoms with Gasteiger partial charge in [0.2, 0.25) is 5.91 Å². The van der Waals surface area contributed by atoms with Crippen LogP contribution in [0, 0.1) is 0 Å². The molecule has 1 aliphatic carbocycles. The molecular formula is C32H30ClN5O2. The van der Waals surface area contributed by atoms with Crippen LogP contribution in [0.25, 0.3) is 33.5 Å². The summed E-state index contributed by atoms with van der Waals surface area (Å²) in [6.45, 7) is 0.996. The van der Waals surface area contributed by atoms with Crippen molar-refractivity contribution in [3.8, 4) is 28.5 Å². The highest BCUT2D eigenvalue weighted by Gasteiger charge is 2.27. The van der Waals surface area contributed by atoms with Crippen LogP contribution >= 0.6 is 11.6 Å². The van der Waals surface area contributed by atoms with Crippen molar-refractivity contribution < 1.29 is 9.90 Å². The second-order valence-corrected chi connectivity index (χ2v) is 10.6. The van der Waals surface area contributed by atoms with E-state index in [1.54, 1.807) is 30.6 Å². The van der Waals surface area contributed by atoms with E-state index in [9.17, 15) is 9.90 Å². The number of pyridine rings is 1. The van der Waals surface area contributed by atoms with Gasteiger partial charge in [0, 0.05) is 36.1 Å². The summed E-state index contributed by atoms with van der Waals surface area (Å²) in [6.07, 6.45) is 8.08. The molecule has 6 rings (SSSR count). The third-order valence-corrected chi connectivity index (χ3v) is 7.98. The van der Waals surface area contributed by atoms with Crippen LogP contribution in [-0.2, 0) is 17.8 Å². The number of halogens is 1. The maximum atomic E-state index is 13.9. The molecule has 1 N–H and O–H groups in total. The van der Waals surface area contributed by atoms with Crippen molar-refractivity contribution in [3.05, 3.63) is 95.8 Å². The number of rotatable bonds is 8. The number of fused-ring (bicyclic) bond motifs is 1. The Hall–Kier alpha value is -4.23. The van der Waals surface area contributed by atoms with Gasteiger partial charge in [0.05, 0.1) is 18.0 Å². The van der Waals surface area contributed by atoms with Crippen LogP contribution in [0.2, 0.25) is 5.02 Å². The number of carbonyl (C=O) groups is 1. The molecule has 40 heavy (non-hydrogen) atoms. The van der Waals surface area contributed by atoms with Crippen molar-refractivity contribution in [3.63, 3.8) is 0 Å². The van der Waals surface area contributed by atoms with Crippen LogP contribution in [-0.4, -0.2) is 48.2 Å². The van der Waals surface area contributed by atoms with Gasteiger partial charge >= 0.3 is 0 Å². The van der Waals surface area contributed by atoms with Crippen LogP contribution < -0.4 is 0 Å². The van der Waals surface area contributed by atoms with Crippen molar-refractivity contribution in [2.75, 3.05) is 6.54 Å². The molecule has 1 amide bonds. The zero-order valence-corrected chi connectivity index (χ0v) is 22.8. The number of nitrogens with zero attached hydrogens (tertiary/aromatic N) is 5. The number of carbonyl (C=O) groups excluding carboxylic acids is 1. The highest BCUT2D eigenvalue weighted by atomic mass is 35.5. The molecule has 202 valence electrons. The fourth-order valence-corrected chi connectivity index (χ4v) is 5.80. The molecule has 0 aliphatic heterocycles. The Balaban J connectivity index is 1.30. The number of aromatic nitrogens is 4. The third kappa shape index (κ3) is 5.42. The lowest BCUT2D eigenvalue weighted by Gasteiger charge is -2.29. The molecule has 3 aromatic carbocycles. The SMILES string of the molecule is O=C(Cc1cccc2ccccc12)N(CCn1nc(-c2ccncc2)nc1-c1ccc(O)c(Cl)c1)C1CCCC1. The van der Waals surface area contributed by atoms with Gasteiger partial charge in [0.1, 0.15) is 5.75 Å². The highest BCUT2D eigenvalue weighted by molar-refractivity contribution is 6.32. The van der Waals surface area contributed by atoms with Crippen molar-refractivity contribution in [2.45, 2.75) is 44.7 Å². The van der Waals surface area contributed by atoms with Gasteiger partial charge in [0.25, 0.3) is 0 Å². The van der Waals surface area contributed by atoms with Crippen LogP contribution in [0.3, 0.4) is 0 Å². The first-order valence-electron chi connectivity index (χ1n) is 13.7. The number of phenols is 1. The highest BCUT2D eigenvalue weighted by Crippen LogP contribution is 2.31. The van der Waals surface area contributed by atoms with E-state index in [1.807, 2.05) is 35.0 Å². The fourth-order valence-electron chi connectivity index (χ4n) is 5.62. The van der Waals surface area contributed by atoms with E-state index < -0.39 is 0 Å². The van der Waals surface area contributed by atoms with Gasteiger partial charge in [0.15, 0.2) is 11.6 Å². The fraction of sp³-hybridized carbons (Fsp3) is 0.250. The van der Waals surface area contributed by atoms with Crippen LogP contribution in [0.15, 0.2) is 85.2 Å². The number of hydrogen-bond donors (Lipinski definition) is 1. The number of phenolic OH excluding ortho intramolecular Hbond substituents is 1. The summed E-state index contributed by atoms with van der Waals surface area (Å²) in [7, 11) is 0. The quantitative estimate of drug-likeness (QED) is 0.237. The lowest BCUT2D eigenvalue weighted by Crippen LogP contribution is -2.42. The smallest absolute Gasteiger partial charge is 0.227 e. The molecule has 0 unspecified atom stereocenters. The minimum Gasteiger partial charge on any atom is -0.506 e. The van der Waals surface area contributed by atoms with Crippen LogP contribution in [0.5, 0.6) is 5.75 Å². The molecular weight excluding hydrogens is 522 g/mol. The van der Waals surface area contributed by atoms with E-state index in [0.29, 0.717) is 31.2 Å². The number of benzene rings is 3. The zero-order chi connectivity index (χ0) is 27.5. The van der Waals surface area contributed by atoms with Gasteiger partial charge in [-0.15, -0.1) is 0 Å². The maximum Gasteiger partial charge on any atom is 0.227 e. The predicted octanol–water partition coefficient (Wildman–Crippen LogP) is 6.53. The summed E-state index contributed by atoms with van der Waals surface area (Å²) in [5.74, 6) is 1.34. The van der Waals surface area contributed by atoms with Crippen molar-refractivity contribution in [1.82, 2.24) is 24.6 Å². The first-order valence-corrected chi connectivity index (χ1v) is 14.0. The lowest BCUT2D eigenvalue weighted by molar-refractivity contribution is -0.132. The molecule has 0 atom stereocenters. The van der Waals surface area contributed by atoms with E-state index in [0.717, 1.165) is 53.1 Å². The summed E-state index contributed by atoms with van der Waals surface area (Å²) in [5.41, 5.74) is 2.64. The van der Waals surface area contributed by atoms with Crippen LogP contribution in [0.1, 0.15) is 31.2 Å². The molecule has 8 heteroatoms. The predicted molar refractivity (Wildman–Crippen MR) is 157 cm³/mol. The van der Waals surface area contributed by atoms with Crippen molar-refractivity contribution in [1.29, 1.82) is 0 Å². The Morgan fingerprint density at radius 2 is 1.75 bits per heavy atom. The summed E-state index contributed by atoms with van der Waals surface area (Å²) in [5, 5.41) is 17.3. The van der Waals surface area contributed by atoms with Gasteiger partial charge < -0.3 is 10.0 Å². The van der Waals surface area contributed by atoms with Crippen LogP contribution in [0.4, 0.5) is 0 Å². The molecule has 2 aromatic heterocycles. The summed E-state index contributed by atoms with van der Waals surface area (Å²) >= 11 is 6.24. The van der Waals surface area contributed by atoms with E-state index in [-0.39, 0.29) is 22.7 Å². The minimum atomic E-state index is 0.0114. The molecule has 0 spiro atoms. The monoisotopic (exact) mass is 551 g/mol. The minimum absolute atomic E-state index is 0.0114. The number of aromatic hydroxyl groups is 1. The summed E-state index contributed by atoms with van der Waals surface area (Å²) < 4.78 is 1.84. The summed E-state index contributed by atoms with van der Waals surface area (Å²) in [6, 6.07) is 23.4. The molecule has 1 saturated carbocycles. The summed E-state index contributed by atoms with van der Waals surface area (Å²) in [4.78, 5) is 24.8. The first-order chi connectivity index (χ1) is 19.6. The van der Waals surface area contributed by atoms with Crippen molar-refractivity contribution in [2.24, 2.45) is 0 Å². The average molecular weight is 552 g/mol. The lowest BCUT2D eigenvalue weighted by atomic mass is 10.0. The Labute approximate surface area is 238 Å². The molecule has 0 bridgehead atoms. The topological polar surface area (TPSA) is 84.1 Å². The van der Waals surface area contributed by atoms with Crippen molar-refractivity contribution >= 4 is 28.3 Å². The van der Waals surface area contributed by atoms with Gasteiger partial charge in [-0.25, -0.2) is 9.67 Å². The normalized spacial score (nSPS) is 13.6. The molecule has 2 heterocycles. The second-order valence-electron chi connectivity index (χ2n) is 10.2. The standard InChI is InChI=1S/C32H30ClN5O2/c33-28-20-25(12-13-29(28)39)32-35-31(23-14-16-34-17-15-23)36-38(32)19-18-37(26-9-2-3-10-26)30(40)21-24-8-5-7-22-6-1-4-11-27(22)24/h1,4-8,11-17,20,26,39H,2-3,9-10,18-19,21H2. The van der Waals surface area contributed by atoms with E-state index in [4.69, 9.17) is 21.7 Å². The third-order valence-electron chi connectivity index (χ3n) is 7.68. The van der Waals surface area contributed by atoms with E-state index >= 15 is 0 Å². The molecule has 0 saturated heterocycles. The zero-order valence-electron chi connectivity index (χ0n) is 22.1. The van der Waals surface area contributed by atoms with Gasteiger partial charge in [-0.3, -0.25) is 9.78 Å². The van der Waals surface area contributed by atoms with Gasteiger partial charge in [-0.1, -0.05) is 66.9 Å².